The summed E-state index contributed by atoms with van der Waals surface area (Å²) in [5, 5.41) is 4.39. The maximum atomic E-state index is 12.5. The molecule has 0 bridgehead atoms. The van der Waals surface area contributed by atoms with Crippen molar-refractivity contribution in [2.45, 2.75) is 0 Å². The van der Waals surface area contributed by atoms with E-state index in [1.54, 1.807) is 53.3 Å². The third-order valence-electron chi connectivity index (χ3n) is 4.39. The second kappa shape index (κ2) is 8.22. The fourth-order valence-electron chi connectivity index (χ4n) is 2.96. The molecule has 142 valence electrons. The average molecular weight is 382 g/mol. The summed E-state index contributed by atoms with van der Waals surface area (Å²) >= 11 is 0. The molecule has 0 aliphatic rings. The van der Waals surface area contributed by atoms with Crippen molar-refractivity contribution in [3.8, 4) is 16.9 Å². The molecule has 0 aliphatic carbocycles. The van der Waals surface area contributed by atoms with Crippen LogP contribution >= 0.6 is 0 Å². The minimum absolute atomic E-state index is 0.381. The Balaban J connectivity index is 1.52. The first-order valence-corrected chi connectivity index (χ1v) is 9.08. The van der Waals surface area contributed by atoms with Gasteiger partial charge >= 0.3 is 0 Å². The average Bonchev–Trinajstić information content (AvgIpc) is 3.28. The van der Waals surface area contributed by atoms with Gasteiger partial charge in [-0.05, 0) is 36.4 Å². The molecule has 6 nitrogen and oxygen atoms in total. The van der Waals surface area contributed by atoms with Crippen LogP contribution in [0.25, 0.3) is 16.9 Å². The van der Waals surface area contributed by atoms with E-state index in [0.717, 1.165) is 16.9 Å². The van der Waals surface area contributed by atoms with Crippen LogP contribution in [0.15, 0.2) is 97.2 Å². The number of aromatic nitrogens is 2. The van der Waals surface area contributed by atoms with Crippen molar-refractivity contribution in [2.24, 2.45) is 0 Å². The van der Waals surface area contributed by atoms with Crippen LogP contribution in [0.2, 0.25) is 0 Å². The van der Waals surface area contributed by atoms with E-state index in [-0.39, 0.29) is 5.91 Å². The summed E-state index contributed by atoms with van der Waals surface area (Å²) in [7, 11) is 0. The Hall–Kier alpha value is -4.19. The molecule has 2 amide bonds. The third kappa shape index (κ3) is 4.06. The topological polar surface area (TPSA) is 76.0 Å². The van der Waals surface area contributed by atoms with Crippen molar-refractivity contribution >= 4 is 11.8 Å². The predicted molar refractivity (Wildman–Crippen MR) is 110 cm³/mol. The first-order valence-electron chi connectivity index (χ1n) is 9.08. The number of hydrazine groups is 1. The number of benzene rings is 3. The van der Waals surface area contributed by atoms with Gasteiger partial charge in [0.1, 0.15) is 0 Å². The highest BCUT2D eigenvalue weighted by Crippen LogP contribution is 2.22. The van der Waals surface area contributed by atoms with E-state index < -0.39 is 5.91 Å². The molecular formula is C23H18N4O2. The molecule has 0 unspecified atom stereocenters. The lowest BCUT2D eigenvalue weighted by Crippen LogP contribution is -2.41. The van der Waals surface area contributed by atoms with Crippen LogP contribution in [-0.4, -0.2) is 21.6 Å². The van der Waals surface area contributed by atoms with E-state index >= 15 is 0 Å². The summed E-state index contributed by atoms with van der Waals surface area (Å²) in [5.74, 6) is -0.793. The summed E-state index contributed by atoms with van der Waals surface area (Å²) in [6.07, 6.45) is 1.72. The lowest BCUT2D eigenvalue weighted by atomic mass is 10.1. The second-order valence-electron chi connectivity index (χ2n) is 6.32. The number of hydrogen-bond donors (Lipinski definition) is 2. The molecule has 0 radical (unpaired) electrons. The minimum Gasteiger partial charge on any atom is -0.267 e. The highest BCUT2D eigenvalue weighted by Gasteiger charge is 2.12. The number of amides is 2. The van der Waals surface area contributed by atoms with Crippen molar-refractivity contribution < 1.29 is 9.59 Å². The van der Waals surface area contributed by atoms with Gasteiger partial charge in [-0.25, -0.2) is 4.68 Å². The van der Waals surface area contributed by atoms with Crippen molar-refractivity contribution in [3.63, 3.8) is 0 Å². The van der Waals surface area contributed by atoms with Gasteiger partial charge in [0.2, 0.25) is 0 Å². The molecule has 2 N–H and O–H groups in total. The van der Waals surface area contributed by atoms with E-state index in [1.807, 2.05) is 48.5 Å². The van der Waals surface area contributed by atoms with Gasteiger partial charge in [0.15, 0.2) is 0 Å². The summed E-state index contributed by atoms with van der Waals surface area (Å²) in [4.78, 5) is 24.6. The van der Waals surface area contributed by atoms with Crippen LogP contribution in [-0.2, 0) is 0 Å². The summed E-state index contributed by atoms with van der Waals surface area (Å²) in [5.41, 5.74) is 8.43. The minimum atomic E-state index is -0.412. The molecule has 0 spiro atoms. The monoisotopic (exact) mass is 382 g/mol. The molecule has 1 aromatic heterocycles. The predicted octanol–water partition coefficient (Wildman–Crippen LogP) is 3.61. The fraction of sp³-hybridized carbons (Fsp3) is 0. The number of nitrogens with zero attached hydrogens (tertiary/aromatic N) is 2. The lowest BCUT2D eigenvalue weighted by Gasteiger charge is -2.11. The quantitative estimate of drug-likeness (QED) is 0.530. The number of rotatable bonds is 4. The standard InChI is InChI=1S/C23H18N4O2/c28-22(18-10-5-2-6-11-18)25-26-23(29)19-12-7-13-20(16-19)27-21(14-15-24-27)17-8-3-1-4-9-17/h1-16H,(H,25,28)(H,26,29). The molecule has 0 saturated carbocycles. The maximum Gasteiger partial charge on any atom is 0.269 e. The van der Waals surface area contributed by atoms with Crippen LogP contribution in [0.3, 0.4) is 0 Å². The summed E-state index contributed by atoms with van der Waals surface area (Å²) < 4.78 is 1.77. The van der Waals surface area contributed by atoms with E-state index in [1.165, 1.54) is 0 Å². The summed E-state index contributed by atoms with van der Waals surface area (Å²) in [6, 6.07) is 27.5. The molecule has 1 heterocycles. The number of nitrogens with one attached hydrogen (secondary N) is 2. The Labute approximate surface area is 167 Å². The Morgan fingerprint density at radius 2 is 1.31 bits per heavy atom. The Kier molecular flexibility index (Phi) is 5.16. The largest absolute Gasteiger partial charge is 0.269 e. The zero-order valence-corrected chi connectivity index (χ0v) is 15.4. The first-order chi connectivity index (χ1) is 14.2. The molecule has 3 aromatic carbocycles. The molecular weight excluding hydrogens is 364 g/mol. The van der Waals surface area contributed by atoms with Crippen molar-refractivity contribution in [1.29, 1.82) is 0 Å². The smallest absolute Gasteiger partial charge is 0.267 e. The normalized spacial score (nSPS) is 10.3. The lowest BCUT2D eigenvalue weighted by molar-refractivity contribution is 0.0846. The van der Waals surface area contributed by atoms with Crippen LogP contribution in [0.5, 0.6) is 0 Å². The SMILES string of the molecule is O=C(NNC(=O)c1cccc(-n2nccc2-c2ccccc2)c1)c1ccccc1. The van der Waals surface area contributed by atoms with Crippen LogP contribution in [0.4, 0.5) is 0 Å². The molecule has 0 fully saturated rings. The molecule has 0 saturated heterocycles. The molecule has 6 heteroatoms. The van der Waals surface area contributed by atoms with Gasteiger partial charge in [-0.3, -0.25) is 20.4 Å². The van der Waals surface area contributed by atoms with Crippen LogP contribution in [0, 0.1) is 0 Å². The fourth-order valence-corrected chi connectivity index (χ4v) is 2.96. The van der Waals surface area contributed by atoms with E-state index in [0.29, 0.717) is 11.1 Å². The maximum absolute atomic E-state index is 12.5. The molecule has 4 rings (SSSR count). The highest BCUT2D eigenvalue weighted by molar-refractivity contribution is 5.99. The summed E-state index contributed by atoms with van der Waals surface area (Å²) in [6.45, 7) is 0. The molecule has 29 heavy (non-hydrogen) atoms. The van der Waals surface area contributed by atoms with Gasteiger partial charge in [0, 0.05) is 16.7 Å². The second-order valence-corrected chi connectivity index (χ2v) is 6.32. The number of carbonyl (C=O) groups excluding carboxylic acids is 2. The van der Waals surface area contributed by atoms with Gasteiger partial charge in [-0.15, -0.1) is 0 Å². The van der Waals surface area contributed by atoms with Crippen molar-refractivity contribution in [2.75, 3.05) is 0 Å². The van der Waals surface area contributed by atoms with E-state index in [9.17, 15) is 9.59 Å². The van der Waals surface area contributed by atoms with Crippen LogP contribution in [0.1, 0.15) is 20.7 Å². The zero-order valence-electron chi connectivity index (χ0n) is 15.4. The van der Waals surface area contributed by atoms with Gasteiger partial charge in [0.25, 0.3) is 11.8 Å². The number of carbonyl (C=O) groups is 2. The Morgan fingerprint density at radius 1 is 0.690 bits per heavy atom. The number of hydrogen-bond acceptors (Lipinski definition) is 3. The highest BCUT2D eigenvalue weighted by atomic mass is 16.2. The molecule has 4 aromatic rings. The molecule has 0 atom stereocenters. The first kappa shape index (κ1) is 18.2. The zero-order chi connectivity index (χ0) is 20.1. The Bertz CT molecular complexity index is 1140. The van der Waals surface area contributed by atoms with Crippen LogP contribution < -0.4 is 10.9 Å². The third-order valence-corrected chi connectivity index (χ3v) is 4.39. The van der Waals surface area contributed by atoms with Gasteiger partial charge in [0.05, 0.1) is 17.6 Å². The Morgan fingerprint density at radius 3 is 2.03 bits per heavy atom. The van der Waals surface area contributed by atoms with Gasteiger partial charge < -0.3 is 0 Å². The van der Waals surface area contributed by atoms with Crippen molar-refractivity contribution in [3.05, 3.63) is 108 Å². The van der Waals surface area contributed by atoms with Gasteiger partial charge in [-0.1, -0.05) is 54.6 Å². The van der Waals surface area contributed by atoms with Crippen molar-refractivity contribution in [1.82, 2.24) is 20.6 Å². The van der Waals surface area contributed by atoms with E-state index in [4.69, 9.17) is 0 Å². The van der Waals surface area contributed by atoms with Gasteiger partial charge in [-0.2, -0.15) is 5.10 Å². The molecule has 0 aliphatic heterocycles. The van der Waals surface area contributed by atoms with E-state index in [2.05, 4.69) is 16.0 Å².